The molecule has 0 aromatic rings. The van der Waals surface area contributed by atoms with E-state index in [1.807, 2.05) is 0 Å². The van der Waals surface area contributed by atoms with Crippen molar-refractivity contribution in [2.45, 2.75) is 39.7 Å². The molecule has 13 heavy (non-hydrogen) atoms. The zero-order valence-electron chi connectivity index (χ0n) is 9.29. The Morgan fingerprint density at radius 3 is 2.31 bits per heavy atom. The van der Waals surface area contributed by atoms with Gasteiger partial charge in [0.2, 0.25) is 0 Å². The van der Waals surface area contributed by atoms with Gasteiger partial charge < -0.3 is 10.6 Å². The second-order valence-corrected chi connectivity index (χ2v) is 4.54. The summed E-state index contributed by atoms with van der Waals surface area (Å²) >= 11 is 0. The molecular weight excluding hydrogens is 160 g/mol. The molecular formula is C11H24N2. The highest BCUT2D eigenvalue weighted by Gasteiger charge is 2.27. The minimum Gasteiger partial charge on any atom is -0.326 e. The minimum atomic E-state index is 0.411. The number of likely N-dealkylation sites (tertiary alicyclic amines) is 1. The summed E-state index contributed by atoms with van der Waals surface area (Å²) in [7, 11) is 0. The molecule has 1 rings (SSSR count). The molecule has 1 fully saturated rings. The topological polar surface area (TPSA) is 29.3 Å². The quantitative estimate of drug-likeness (QED) is 0.720. The van der Waals surface area contributed by atoms with Gasteiger partial charge in [-0.25, -0.2) is 0 Å². The highest BCUT2D eigenvalue weighted by molar-refractivity contribution is 4.84. The first-order chi connectivity index (χ1) is 6.17. The molecule has 0 aliphatic carbocycles. The third-order valence-corrected chi connectivity index (χ3v) is 3.42. The third-order valence-electron chi connectivity index (χ3n) is 3.42. The zero-order valence-corrected chi connectivity index (χ0v) is 9.29. The van der Waals surface area contributed by atoms with Crippen LogP contribution in [-0.2, 0) is 0 Å². The van der Waals surface area contributed by atoms with Crippen LogP contribution in [0, 0.1) is 11.8 Å². The summed E-state index contributed by atoms with van der Waals surface area (Å²) in [6.45, 7) is 10.4. The second-order valence-electron chi connectivity index (χ2n) is 4.54. The summed E-state index contributed by atoms with van der Waals surface area (Å²) in [5.74, 6) is 1.56. The molecule has 2 nitrogen and oxygen atoms in total. The fourth-order valence-electron chi connectivity index (χ4n) is 2.16. The van der Waals surface area contributed by atoms with Gasteiger partial charge in [0.15, 0.2) is 0 Å². The van der Waals surface area contributed by atoms with Crippen LogP contribution in [0.25, 0.3) is 0 Å². The molecule has 1 saturated heterocycles. The lowest BCUT2D eigenvalue weighted by Gasteiger charge is -2.21. The molecule has 1 heterocycles. The molecule has 0 amide bonds. The Kier molecular flexibility index (Phi) is 4.20. The smallest absolute Gasteiger partial charge is 0.0206 e. The molecule has 2 heteroatoms. The predicted octanol–water partition coefficient (Wildman–Crippen LogP) is 1.70. The Morgan fingerprint density at radius 1 is 1.31 bits per heavy atom. The average molecular weight is 184 g/mol. The van der Waals surface area contributed by atoms with E-state index in [-0.39, 0.29) is 0 Å². The van der Waals surface area contributed by atoms with Crippen LogP contribution in [0.5, 0.6) is 0 Å². The van der Waals surface area contributed by atoms with Crippen LogP contribution >= 0.6 is 0 Å². The van der Waals surface area contributed by atoms with Crippen molar-refractivity contribution >= 4 is 0 Å². The molecule has 2 N–H and O–H groups in total. The van der Waals surface area contributed by atoms with Gasteiger partial charge in [-0.2, -0.15) is 0 Å². The first kappa shape index (κ1) is 11.0. The van der Waals surface area contributed by atoms with Crippen LogP contribution in [0.15, 0.2) is 0 Å². The van der Waals surface area contributed by atoms with Crippen molar-refractivity contribution in [2.75, 3.05) is 19.6 Å². The van der Waals surface area contributed by atoms with E-state index in [2.05, 4.69) is 25.7 Å². The summed E-state index contributed by atoms with van der Waals surface area (Å²) in [6.07, 6.45) is 2.60. The number of nitrogens with zero attached hydrogens (tertiary/aromatic N) is 1. The van der Waals surface area contributed by atoms with Crippen LogP contribution in [0.1, 0.15) is 33.6 Å². The van der Waals surface area contributed by atoms with Crippen LogP contribution in [0.4, 0.5) is 0 Å². The van der Waals surface area contributed by atoms with Crippen molar-refractivity contribution in [3.05, 3.63) is 0 Å². The Hall–Kier alpha value is -0.0800. The lowest BCUT2D eigenvalue weighted by Crippen LogP contribution is -2.31. The lowest BCUT2D eigenvalue weighted by molar-refractivity contribution is 0.260. The standard InChI is InChI=1S/C11H24N2/c1-4-10(5-2)7-13-6-9(3)11(12)8-13/h9-11H,4-8,12H2,1-3H3. The highest BCUT2D eigenvalue weighted by Crippen LogP contribution is 2.18. The molecule has 2 atom stereocenters. The molecule has 0 aromatic heterocycles. The zero-order chi connectivity index (χ0) is 9.84. The Labute approximate surface area is 82.5 Å². The van der Waals surface area contributed by atoms with Crippen LogP contribution in [-0.4, -0.2) is 30.6 Å². The van der Waals surface area contributed by atoms with Gasteiger partial charge in [-0.05, 0) is 11.8 Å². The minimum absolute atomic E-state index is 0.411. The van der Waals surface area contributed by atoms with E-state index in [1.165, 1.54) is 25.9 Å². The van der Waals surface area contributed by atoms with E-state index in [1.54, 1.807) is 0 Å². The van der Waals surface area contributed by atoms with Crippen molar-refractivity contribution in [3.8, 4) is 0 Å². The van der Waals surface area contributed by atoms with Gasteiger partial charge in [0.25, 0.3) is 0 Å². The van der Waals surface area contributed by atoms with Gasteiger partial charge in [0.1, 0.15) is 0 Å². The Balaban J connectivity index is 2.30. The molecule has 0 bridgehead atoms. The lowest BCUT2D eigenvalue weighted by atomic mass is 10.0. The Bertz CT molecular complexity index is 133. The van der Waals surface area contributed by atoms with Crippen molar-refractivity contribution in [3.63, 3.8) is 0 Å². The first-order valence-electron chi connectivity index (χ1n) is 5.65. The molecule has 0 radical (unpaired) electrons. The normalized spacial score (nSPS) is 30.2. The van der Waals surface area contributed by atoms with E-state index in [9.17, 15) is 0 Å². The van der Waals surface area contributed by atoms with Crippen LogP contribution in [0.2, 0.25) is 0 Å². The predicted molar refractivity (Wildman–Crippen MR) is 57.7 cm³/mol. The largest absolute Gasteiger partial charge is 0.326 e. The number of nitrogens with two attached hydrogens (primary N) is 1. The maximum Gasteiger partial charge on any atom is 0.0206 e. The maximum absolute atomic E-state index is 5.99. The highest BCUT2D eigenvalue weighted by atomic mass is 15.2. The monoisotopic (exact) mass is 184 g/mol. The molecule has 2 unspecified atom stereocenters. The van der Waals surface area contributed by atoms with E-state index < -0.39 is 0 Å². The summed E-state index contributed by atoms with van der Waals surface area (Å²) in [5, 5.41) is 0. The number of hydrogen-bond donors (Lipinski definition) is 1. The second kappa shape index (κ2) is 4.97. The van der Waals surface area contributed by atoms with Crippen molar-refractivity contribution in [2.24, 2.45) is 17.6 Å². The van der Waals surface area contributed by atoms with Crippen molar-refractivity contribution < 1.29 is 0 Å². The molecule has 1 aliphatic heterocycles. The number of hydrogen-bond acceptors (Lipinski definition) is 2. The van der Waals surface area contributed by atoms with E-state index in [0.717, 1.165) is 12.5 Å². The summed E-state index contributed by atoms with van der Waals surface area (Å²) < 4.78 is 0. The summed E-state index contributed by atoms with van der Waals surface area (Å²) in [6, 6.07) is 0.411. The van der Waals surface area contributed by atoms with Gasteiger partial charge in [-0.1, -0.05) is 33.6 Å². The molecule has 0 aromatic carbocycles. The van der Waals surface area contributed by atoms with Crippen molar-refractivity contribution in [1.29, 1.82) is 0 Å². The summed E-state index contributed by atoms with van der Waals surface area (Å²) in [5.41, 5.74) is 5.99. The summed E-state index contributed by atoms with van der Waals surface area (Å²) in [4.78, 5) is 2.53. The first-order valence-corrected chi connectivity index (χ1v) is 5.65. The molecule has 0 saturated carbocycles. The Morgan fingerprint density at radius 2 is 1.92 bits per heavy atom. The molecule has 0 spiro atoms. The number of rotatable bonds is 4. The average Bonchev–Trinajstić information content (AvgIpc) is 2.42. The third kappa shape index (κ3) is 2.96. The van der Waals surface area contributed by atoms with Crippen LogP contribution in [0.3, 0.4) is 0 Å². The van der Waals surface area contributed by atoms with Gasteiger partial charge in [0, 0.05) is 25.7 Å². The van der Waals surface area contributed by atoms with Crippen LogP contribution < -0.4 is 5.73 Å². The van der Waals surface area contributed by atoms with Gasteiger partial charge in [0.05, 0.1) is 0 Å². The fourth-order valence-corrected chi connectivity index (χ4v) is 2.16. The molecule has 1 aliphatic rings. The SMILES string of the molecule is CCC(CC)CN1CC(C)C(N)C1. The van der Waals surface area contributed by atoms with E-state index in [4.69, 9.17) is 5.73 Å². The van der Waals surface area contributed by atoms with Gasteiger partial charge in [-0.3, -0.25) is 0 Å². The van der Waals surface area contributed by atoms with E-state index >= 15 is 0 Å². The van der Waals surface area contributed by atoms with Crippen molar-refractivity contribution in [1.82, 2.24) is 4.90 Å². The maximum atomic E-state index is 5.99. The van der Waals surface area contributed by atoms with Gasteiger partial charge in [-0.15, -0.1) is 0 Å². The fraction of sp³-hybridized carbons (Fsp3) is 1.00. The van der Waals surface area contributed by atoms with Gasteiger partial charge >= 0.3 is 0 Å². The van der Waals surface area contributed by atoms with E-state index in [0.29, 0.717) is 12.0 Å². The molecule has 78 valence electrons.